The minimum Gasteiger partial charge on any atom is -0.465 e. The van der Waals surface area contributed by atoms with Gasteiger partial charge >= 0.3 is 5.97 Å². The topological polar surface area (TPSA) is 125 Å². The molecule has 0 fully saturated rings. The third-order valence-electron chi connectivity index (χ3n) is 5.90. The summed E-state index contributed by atoms with van der Waals surface area (Å²) >= 11 is 1.48. The zero-order chi connectivity index (χ0) is 27.4. The Morgan fingerprint density at radius 3 is 2.67 bits per heavy atom. The first-order valence-electron chi connectivity index (χ1n) is 12.0. The number of para-hydroxylation sites is 1. The summed E-state index contributed by atoms with van der Waals surface area (Å²) in [6.07, 6.45) is 1.53. The van der Waals surface area contributed by atoms with Crippen LogP contribution < -0.4 is 9.62 Å². The highest BCUT2D eigenvalue weighted by molar-refractivity contribution is 7.93. The number of fused-ring (bicyclic) bond motifs is 2. The molecule has 0 radical (unpaired) electrons. The fourth-order valence-corrected chi connectivity index (χ4v) is 6.53. The van der Waals surface area contributed by atoms with Crippen LogP contribution in [0.4, 0.5) is 11.4 Å². The summed E-state index contributed by atoms with van der Waals surface area (Å²) in [6.45, 7) is 1.75. The number of carbonyl (C=O) groups is 1. The van der Waals surface area contributed by atoms with Gasteiger partial charge in [-0.05, 0) is 61.5 Å². The van der Waals surface area contributed by atoms with Gasteiger partial charge < -0.3 is 10.1 Å². The van der Waals surface area contributed by atoms with Gasteiger partial charge in [0.2, 0.25) is 0 Å². The zero-order valence-corrected chi connectivity index (χ0v) is 22.5. The van der Waals surface area contributed by atoms with Crippen molar-refractivity contribution in [2.45, 2.75) is 18.4 Å². The maximum Gasteiger partial charge on any atom is 0.326 e. The van der Waals surface area contributed by atoms with Crippen LogP contribution >= 0.6 is 11.3 Å². The van der Waals surface area contributed by atoms with Crippen molar-refractivity contribution in [1.29, 1.82) is 5.26 Å². The van der Waals surface area contributed by atoms with Gasteiger partial charge in [-0.15, -0.1) is 11.3 Å². The van der Waals surface area contributed by atoms with Crippen molar-refractivity contribution >= 4 is 59.8 Å². The second-order valence-electron chi connectivity index (χ2n) is 8.45. The van der Waals surface area contributed by atoms with Gasteiger partial charge in [0.15, 0.2) is 0 Å². The van der Waals surface area contributed by atoms with Crippen molar-refractivity contribution in [3.05, 3.63) is 89.6 Å². The quantitative estimate of drug-likeness (QED) is 0.249. The number of anilines is 2. The molecule has 196 valence electrons. The average Bonchev–Trinajstić information content (AvgIpc) is 3.37. The van der Waals surface area contributed by atoms with E-state index >= 15 is 0 Å². The van der Waals surface area contributed by atoms with Gasteiger partial charge in [-0.1, -0.05) is 18.2 Å². The predicted octanol–water partition coefficient (Wildman–Crippen LogP) is 5.09. The molecule has 3 aromatic carbocycles. The molecule has 2 aromatic heterocycles. The molecule has 0 spiro atoms. The molecule has 9 nitrogen and oxygen atoms in total. The molecule has 0 aliphatic carbocycles. The largest absolute Gasteiger partial charge is 0.465 e. The number of hydrogen-bond donors (Lipinski definition) is 1. The molecule has 0 amide bonds. The molecule has 0 unspecified atom stereocenters. The van der Waals surface area contributed by atoms with Crippen LogP contribution in [0.3, 0.4) is 0 Å². The van der Waals surface area contributed by atoms with Crippen LogP contribution in [0, 0.1) is 11.3 Å². The number of ether oxygens (including phenoxy) is 1. The van der Waals surface area contributed by atoms with E-state index in [4.69, 9.17) is 10.00 Å². The first-order chi connectivity index (χ1) is 18.9. The van der Waals surface area contributed by atoms with Crippen LogP contribution in [-0.4, -0.2) is 37.5 Å². The number of thiazole rings is 1. The van der Waals surface area contributed by atoms with E-state index in [2.05, 4.69) is 21.4 Å². The van der Waals surface area contributed by atoms with Gasteiger partial charge in [0.25, 0.3) is 10.0 Å². The summed E-state index contributed by atoms with van der Waals surface area (Å²) in [5, 5.41) is 13.7. The normalized spacial score (nSPS) is 11.3. The lowest BCUT2D eigenvalue weighted by molar-refractivity contribution is -0.141. The van der Waals surface area contributed by atoms with Crippen molar-refractivity contribution in [2.24, 2.45) is 0 Å². The SMILES string of the molecule is CCOC(=O)CN(c1ccc2sc(CNc3ccc(C#N)cc3)nc2c1)S(=O)(=O)c1cccc2cccnc12. The lowest BCUT2D eigenvalue weighted by atomic mass is 10.2. The van der Waals surface area contributed by atoms with Gasteiger partial charge in [-0.25, -0.2) is 13.4 Å². The standard InChI is InChI=1S/C28H23N5O4S2/c1-2-37-27(34)18-33(39(35,36)25-7-3-5-20-6-4-14-30-28(20)25)22-12-13-24-23(15-22)32-26(38-24)17-31-21-10-8-19(16-29)9-11-21/h3-15,31H,2,17-18H2,1H3. The zero-order valence-electron chi connectivity index (χ0n) is 20.9. The second kappa shape index (κ2) is 11.1. The molecule has 2 heterocycles. The number of nitrogens with zero attached hydrogens (tertiary/aromatic N) is 4. The number of esters is 1. The third kappa shape index (κ3) is 5.52. The van der Waals surface area contributed by atoms with E-state index in [1.54, 1.807) is 61.5 Å². The molecule has 0 atom stereocenters. The summed E-state index contributed by atoms with van der Waals surface area (Å²) in [5.41, 5.74) is 2.65. The number of pyridine rings is 1. The highest BCUT2D eigenvalue weighted by atomic mass is 32.2. The molecule has 11 heteroatoms. The Kier molecular flexibility index (Phi) is 7.40. The Morgan fingerprint density at radius 2 is 1.90 bits per heavy atom. The predicted molar refractivity (Wildman–Crippen MR) is 151 cm³/mol. The van der Waals surface area contributed by atoms with Gasteiger partial charge in [0.1, 0.15) is 16.4 Å². The highest BCUT2D eigenvalue weighted by Crippen LogP contribution is 2.32. The summed E-state index contributed by atoms with van der Waals surface area (Å²) in [7, 11) is -4.20. The van der Waals surface area contributed by atoms with Crippen LogP contribution in [0.2, 0.25) is 0 Å². The van der Waals surface area contributed by atoms with E-state index in [-0.39, 0.29) is 11.5 Å². The van der Waals surface area contributed by atoms with E-state index in [9.17, 15) is 13.2 Å². The second-order valence-corrected chi connectivity index (χ2v) is 11.4. The number of sulfonamides is 1. The first kappa shape index (κ1) is 26.1. The molecule has 0 saturated carbocycles. The number of benzene rings is 3. The molecule has 5 rings (SSSR count). The molecule has 1 N–H and O–H groups in total. The number of nitriles is 1. The van der Waals surface area contributed by atoms with Crippen molar-refractivity contribution in [2.75, 3.05) is 22.8 Å². The van der Waals surface area contributed by atoms with Crippen molar-refractivity contribution in [3.8, 4) is 6.07 Å². The van der Waals surface area contributed by atoms with E-state index in [0.29, 0.717) is 34.2 Å². The van der Waals surface area contributed by atoms with E-state index < -0.39 is 22.5 Å². The van der Waals surface area contributed by atoms with Crippen molar-refractivity contribution in [1.82, 2.24) is 9.97 Å². The third-order valence-corrected chi connectivity index (χ3v) is 8.74. The molecule has 39 heavy (non-hydrogen) atoms. The van der Waals surface area contributed by atoms with E-state index in [1.807, 2.05) is 12.1 Å². The fraction of sp³-hybridized carbons (Fsp3) is 0.143. The van der Waals surface area contributed by atoms with E-state index in [0.717, 1.165) is 19.7 Å². The van der Waals surface area contributed by atoms with Crippen LogP contribution in [0.5, 0.6) is 0 Å². The summed E-state index contributed by atoms with van der Waals surface area (Å²) < 4.78 is 34.9. The average molecular weight is 558 g/mol. The maximum absolute atomic E-state index is 14.0. The molecular formula is C28H23N5O4S2. The van der Waals surface area contributed by atoms with Crippen LogP contribution in [0.1, 0.15) is 17.5 Å². The van der Waals surface area contributed by atoms with Gasteiger partial charge in [0.05, 0.1) is 46.2 Å². The monoisotopic (exact) mass is 557 g/mol. The lowest BCUT2D eigenvalue weighted by Crippen LogP contribution is -2.36. The first-order valence-corrected chi connectivity index (χ1v) is 14.3. The van der Waals surface area contributed by atoms with Crippen LogP contribution in [0.25, 0.3) is 21.1 Å². The van der Waals surface area contributed by atoms with Gasteiger partial charge in [-0.2, -0.15) is 5.26 Å². The molecular weight excluding hydrogens is 534 g/mol. The molecule has 0 aliphatic heterocycles. The number of carbonyl (C=O) groups excluding carboxylic acids is 1. The summed E-state index contributed by atoms with van der Waals surface area (Å²) in [4.78, 5) is 21.5. The molecule has 0 bridgehead atoms. The minimum absolute atomic E-state index is 0.00409. The fourth-order valence-electron chi connectivity index (χ4n) is 4.08. The molecule has 0 saturated heterocycles. The van der Waals surface area contributed by atoms with Crippen LogP contribution in [0.15, 0.2) is 83.9 Å². The Balaban J connectivity index is 1.49. The molecule has 5 aromatic rings. The summed E-state index contributed by atoms with van der Waals surface area (Å²) in [6, 6.07) is 22.8. The summed E-state index contributed by atoms with van der Waals surface area (Å²) in [5.74, 6) is -0.667. The lowest BCUT2D eigenvalue weighted by Gasteiger charge is -2.24. The number of hydrogen-bond acceptors (Lipinski definition) is 9. The number of aromatic nitrogens is 2. The van der Waals surface area contributed by atoms with E-state index in [1.165, 1.54) is 23.6 Å². The number of nitrogens with one attached hydrogen (secondary N) is 1. The van der Waals surface area contributed by atoms with Gasteiger partial charge in [0, 0.05) is 17.3 Å². The van der Waals surface area contributed by atoms with Crippen molar-refractivity contribution in [3.63, 3.8) is 0 Å². The minimum atomic E-state index is -4.20. The number of rotatable bonds is 9. The van der Waals surface area contributed by atoms with Crippen molar-refractivity contribution < 1.29 is 17.9 Å². The highest BCUT2D eigenvalue weighted by Gasteiger charge is 2.30. The Bertz CT molecular complexity index is 1810. The Hall–Kier alpha value is -4.53. The van der Waals surface area contributed by atoms with Crippen LogP contribution in [-0.2, 0) is 26.1 Å². The maximum atomic E-state index is 14.0. The smallest absolute Gasteiger partial charge is 0.326 e. The Morgan fingerprint density at radius 1 is 1.10 bits per heavy atom. The Labute approximate surface area is 229 Å². The van der Waals surface area contributed by atoms with Gasteiger partial charge in [-0.3, -0.25) is 14.1 Å². The molecule has 0 aliphatic rings.